The van der Waals surface area contributed by atoms with E-state index in [1.165, 1.54) is 0 Å². The maximum atomic E-state index is 4.20. The Labute approximate surface area is 55.1 Å². The van der Waals surface area contributed by atoms with E-state index in [0.29, 0.717) is 0 Å². The summed E-state index contributed by atoms with van der Waals surface area (Å²) in [5.74, 6) is 0. The van der Waals surface area contributed by atoms with Gasteiger partial charge in [0.2, 0.25) is 0 Å². The van der Waals surface area contributed by atoms with Crippen LogP contribution in [0.15, 0.2) is 10.1 Å². The van der Waals surface area contributed by atoms with E-state index in [2.05, 4.69) is 17.0 Å². The van der Waals surface area contributed by atoms with Crippen molar-refractivity contribution < 1.29 is 0 Å². The minimum absolute atomic E-state index is 0.779. The molecule has 0 aliphatic carbocycles. The molecule has 1 aliphatic rings. The van der Waals surface area contributed by atoms with E-state index < -0.39 is 0 Å². The van der Waals surface area contributed by atoms with Crippen LogP contribution in [0.3, 0.4) is 0 Å². The fraction of sp³-hybridized carbons (Fsp3) is 0.667. The fourth-order valence-electron chi connectivity index (χ4n) is 0.727. The van der Waals surface area contributed by atoms with E-state index in [0.717, 1.165) is 18.7 Å². The van der Waals surface area contributed by atoms with Gasteiger partial charge in [0.1, 0.15) is 6.34 Å². The largest absolute Gasteiger partial charge is 0.268 e. The fourth-order valence-corrected chi connectivity index (χ4v) is 0.727. The highest BCUT2D eigenvalue weighted by molar-refractivity contribution is 5.88. The van der Waals surface area contributed by atoms with Gasteiger partial charge in [0, 0.05) is 7.05 Å². The molecule has 0 radical (unpaired) electrons. The molecule has 0 atom stereocenters. The van der Waals surface area contributed by atoms with Crippen molar-refractivity contribution in [1.29, 1.82) is 0 Å². The van der Waals surface area contributed by atoms with Crippen LogP contribution in [0.2, 0.25) is 0 Å². The average molecular weight is 125 g/mol. The van der Waals surface area contributed by atoms with Crippen LogP contribution in [0, 0.1) is 0 Å². The summed E-state index contributed by atoms with van der Waals surface area (Å²) < 4.78 is 0. The lowest BCUT2D eigenvalue weighted by Gasteiger charge is -2.12. The first-order valence-electron chi connectivity index (χ1n) is 3.12. The summed E-state index contributed by atoms with van der Waals surface area (Å²) in [4.78, 5) is 4.08. The molecule has 0 fully saturated rings. The third-order valence-electron chi connectivity index (χ3n) is 1.23. The molecule has 50 valence electrons. The first-order chi connectivity index (χ1) is 4.33. The van der Waals surface area contributed by atoms with Crippen molar-refractivity contribution >= 4 is 12.1 Å². The molecule has 1 heterocycles. The predicted molar refractivity (Wildman–Crippen MR) is 38.8 cm³/mol. The molecule has 9 heavy (non-hydrogen) atoms. The van der Waals surface area contributed by atoms with E-state index in [-0.39, 0.29) is 0 Å². The average Bonchev–Trinajstić information content (AvgIpc) is 1.88. The van der Waals surface area contributed by atoms with Gasteiger partial charge < -0.3 is 0 Å². The molecule has 0 saturated carbocycles. The van der Waals surface area contributed by atoms with Crippen molar-refractivity contribution in [2.45, 2.75) is 13.3 Å². The molecule has 3 nitrogen and oxygen atoms in total. The molecule has 0 spiro atoms. The molecule has 0 aromatic rings. The highest BCUT2D eigenvalue weighted by atomic mass is 15.5. The minimum atomic E-state index is 0.779. The van der Waals surface area contributed by atoms with Crippen molar-refractivity contribution in [2.75, 3.05) is 13.6 Å². The predicted octanol–water partition coefficient (Wildman–Crippen LogP) is 0.726. The third-order valence-corrected chi connectivity index (χ3v) is 1.23. The van der Waals surface area contributed by atoms with Crippen LogP contribution in [0.5, 0.6) is 0 Å². The van der Waals surface area contributed by atoms with Gasteiger partial charge in [-0.05, 0) is 6.42 Å². The van der Waals surface area contributed by atoms with Gasteiger partial charge in [-0.2, -0.15) is 5.10 Å². The van der Waals surface area contributed by atoms with E-state index in [4.69, 9.17) is 0 Å². The molecule has 1 aliphatic heterocycles. The zero-order valence-corrected chi connectivity index (χ0v) is 5.83. The molecule has 3 heteroatoms. The van der Waals surface area contributed by atoms with Crippen LogP contribution in [0.1, 0.15) is 13.3 Å². The van der Waals surface area contributed by atoms with Gasteiger partial charge in [-0.1, -0.05) is 6.92 Å². The molecule has 0 aromatic carbocycles. The molecule has 0 saturated heterocycles. The smallest absolute Gasteiger partial charge is 0.106 e. The van der Waals surface area contributed by atoms with Crippen LogP contribution in [-0.2, 0) is 0 Å². The van der Waals surface area contributed by atoms with Crippen LogP contribution in [0.25, 0.3) is 0 Å². The van der Waals surface area contributed by atoms with Crippen molar-refractivity contribution in [1.82, 2.24) is 5.01 Å². The Bertz CT molecular complexity index is 148. The summed E-state index contributed by atoms with van der Waals surface area (Å²) in [5.41, 5.74) is 1.15. The summed E-state index contributed by atoms with van der Waals surface area (Å²) in [6, 6.07) is 0. The van der Waals surface area contributed by atoms with Crippen molar-refractivity contribution in [3.8, 4) is 0 Å². The molecule has 0 aromatic heterocycles. The van der Waals surface area contributed by atoms with Gasteiger partial charge >= 0.3 is 0 Å². The number of aliphatic imine (C=N–C) groups is 1. The second kappa shape index (κ2) is 2.62. The summed E-state index contributed by atoms with van der Waals surface area (Å²) in [5, 5.41) is 5.94. The first-order valence-corrected chi connectivity index (χ1v) is 3.12. The SMILES string of the molecule is CCC1=NN(C)C=NC1. The molecular weight excluding hydrogens is 114 g/mol. The molecule has 0 amide bonds. The Morgan fingerprint density at radius 3 is 3.00 bits per heavy atom. The summed E-state index contributed by atoms with van der Waals surface area (Å²) in [6.45, 7) is 2.87. The Hall–Kier alpha value is -0.860. The molecule has 0 unspecified atom stereocenters. The Morgan fingerprint density at radius 1 is 1.78 bits per heavy atom. The lowest BCUT2D eigenvalue weighted by molar-refractivity contribution is 0.548. The summed E-state index contributed by atoms with van der Waals surface area (Å²) in [7, 11) is 1.89. The summed E-state index contributed by atoms with van der Waals surface area (Å²) in [6.07, 6.45) is 2.74. The Balaban J connectivity index is 2.55. The van der Waals surface area contributed by atoms with Crippen molar-refractivity contribution in [3.63, 3.8) is 0 Å². The van der Waals surface area contributed by atoms with Crippen LogP contribution < -0.4 is 0 Å². The highest BCUT2D eigenvalue weighted by Crippen LogP contribution is 1.94. The number of hydrogen-bond acceptors (Lipinski definition) is 3. The van der Waals surface area contributed by atoms with Crippen molar-refractivity contribution in [2.24, 2.45) is 10.1 Å². The van der Waals surface area contributed by atoms with Gasteiger partial charge in [-0.15, -0.1) is 0 Å². The summed E-state index contributed by atoms with van der Waals surface area (Å²) >= 11 is 0. The zero-order valence-electron chi connectivity index (χ0n) is 5.83. The van der Waals surface area contributed by atoms with Gasteiger partial charge in [-0.25, -0.2) is 0 Å². The second-order valence-corrected chi connectivity index (χ2v) is 2.05. The highest BCUT2D eigenvalue weighted by Gasteiger charge is 1.99. The zero-order chi connectivity index (χ0) is 6.69. The van der Waals surface area contributed by atoms with Gasteiger partial charge in [-0.3, -0.25) is 10.0 Å². The first kappa shape index (κ1) is 6.26. The number of nitrogens with zero attached hydrogens (tertiary/aromatic N) is 3. The number of hydrazone groups is 1. The van der Waals surface area contributed by atoms with Gasteiger partial charge in [0.25, 0.3) is 0 Å². The Kier molecular flexibility index (Phi) is 1.82. The normalized spacial score (nSPS) is 18.0. The molecule has 1 rings (SSSR count). The quantitative estimate of drug-likeness (QED) is 0.507. The molecular formula is C6H11N3. The lowest BCUT2D eigenvalue weighted by Crippen LogP contribution is -2.19. The van der Waals surface area contributed by atoms with Crippen LogP contribution in [0.4, 0.5) is 0 Å². The van der Waals surface area contributed by atoms with Gasteiger partial charge in [0.05, 0.1) is 12.3 Å². The van der Waals surface area contributed by atoms with Crippen molar-refractivity contribution in [3.05, 3.63) is 0 Å². The molecule has 0 N–H and O–H groups in total. The standard InChI is InChI=1S/C6H11N3/c1-3-6-4-7-5-9(2)8-6/h5H,3-4H2,1-2H3. The van der Waals surface area contributed by atoms with E-state index in [1.807, 2.05) is 7.05 Å². The van der Waals surface area contributed by atoms with E-state index >= 15 is 0 Å². The monoisotopic (exact) mass is 125 g/mol. The third kappa shape index (κ3) is 1.52. The van der Waals surface area contributed by atoms with Crippen LogP contribution >= 0.6 is 0 Å². The second-order valence-electron chi connectivity index (χ2n) is 2.05. The maximum Gasteiger partial charge on any atom is 0.106 e. The molecule has 0 bridgehead atoms. The number of hydrogen-bond donors (Lipinski definition) is 0. The lowest BCUT2D eigenvalue weighted by atomic mass is 10.3. The van der Waals surface area contributed by atoms with E-state index in [9.17, 15) is 0 Å². The number of rotatable bonds is 1. The van der Waals surface area contributed by atoms with Crippen LogP contribution in [-0.4, -0.2) is 30.7 Å². The Morgan fingerprint density at radius 2 is 2.56 bits per heavy atom. The van der Waals surface area contributed by atoms with E-state index in [1.54, 1.807) is 11.3 Å². The minimum Gasteiger partial charge on any atom is -0.268 e. The topological polar surface area (TPSA) is 28.0 Å². The maximum absolute atomic E-state index is 4.20. The van der Waals surface area contributed by atoms with Gasteiger partial charge in [0.15, 0.2) is 0 Å².